The van der Waals surface area contributed by atoms with Crippen LogP contribution in [0, 0.1) is 5.92 Å². The maximum atomic E-state index is 12.2. The van der Waals surface area contributed by atoms with Gasteiger partial charge >= 0.3 is 6.61 Å². The lowest BCUT2D eigenvalue weighted by Gasteiger charge is -2.24. The SMILES string of the molecule is CCCC(C)C(NC)c1cccc(OC(F)F)c1. The molecule has 0 radical (unpaired) electrons. The van der Waals surface area contributed by atoms with Crippen molar-refractivity contribution < 1.29 is 13.5 Å². The van der Waals surface area contributed by atoms with Crippen LogP contribution in [-0.4, -0.2) is 13.7 Å². The Morgan fingerprint density at radius 3 is 2.61 bits per heavy atom. The Morgan fingerprint density at radius 2 is 2.06 bits per heavy atom. The number of hydrogen-bond donors (Lipinski definition) is 1. The van der Waals surface area contributed by atoms with E-state index in [4.69, 9.17) is 0 Å². The fourth-order valence-corrected chi connectivity index (χ4v) is 2.29. The van der Waals surface area contributed by atoms with Crippen molar-refractivity contribution >= 4 is 0 Å². The molecular formula is C14H21F2NO. The Morgan fingerprint density at radius 1 is 1.33 bits per heavy atom. The van der Waals surface area contributed by atoms with Crippen LogP contribution >= 0.6 is 0 Å². The number of halogens is 2. The molecule has 0 fully saturated rings. The zero-order chi connectivity index (χ0) is 13.5. The highest BCUT2D eigenvalue weighted by Gasteiger charge is 2.17. The van der Waals surface area contributed by atoms with E-state index in [2.05, 4.69) is 23.9 Å². The van der Waals surface area contributed by atoms with E-state index in [1.807, 2.05) is 13.1 Å². The number of alkyl halides is 2. The minimum atomic E-state index is -2.78. The second kappa shape index (κ2) is 7.31. The topological polar surface area (TPSA) is 21.3 Å². The largest absolute Gasteiger partial charge is 0.435 e. The summed E-state index contributed by atoms with van der Waals surface area (Å²) in [6.07, 6.45) is 2.19. The van der Waals surface area contributed by atoms with E-state index < -0.39 is 6.61 Å². The molecule has 0 aliphatic heterocycles. The summed E-state index contributed by atoms with van der Waals surface area (Å²) < 4.78 is 28.8. The van der Waals surface area contributed by atoms with Crippen molar-refractivity contribution in [1.82, 2.24) is 5.32 Å². The lowest BCUT2D eigenvalue weighted by Crippen LogP contribution is -2.23. The molecule has 2 nitrogen and oxygen atoms in total. The first-order valence-electron chi connectivity index (χ1n) is 6.30. The van der Waals surface area contributed by atoms with E-state index in [1.54, 1.807) is 18.2 Å². The van der Waals surface area contributed by atoms with E-state index in [-0.39, 0.29) is 11.8 Å². The molecule has 2 atom stereocenters. The Hall–Kier alpha value is -1.16. The molecule has 0 aliphatic carbocycles. The third-order valence-electron chi connectivity index (χ3n) is 3.07. The van der Waals surface area contributed by atoms with Crippen LogP contribution in [0.4, 0.5) is 8.78 Å². The summed E-state index contributed by atoms with van der Waals surface area (Å²) in [5.74, 6) is 0.660. The van der Waals surface area contributed by atoms with Crippen LogP contribution < -0.4 is 10.1 Å². The highest BCUT2D eigenvalue weighted by molar-refractivity contribution is 5.31. The van der Waals surface area contributed by atoms with Crippen molar-refractivity contribution in [2.75, 3.05) is 7.05 Å². The first kappa shape index (κ1) is 14.9. The summed E-state index contributed by atoms with van der Waals surface area (Å²) in [4.78, 5) is 0. The van der Waals surface area contributed by atoms with Crippen LogP contribution in [0.15, 0.2) is 24.3 Å². The average Bonchev–Trinajstić information content (AvgIpc) is 2.30. The first-order chi connectivity index (χ1) is 8.58. The highest BCUT2D eigenvalue weighted by atomic mass is 19.3. The Labute approximate surface area is 107 Å². The molecule has 0 saturated carbocycles. The van der Waals surface area contributed by atoms with Gasteiger partial charge in [0.1, 0.15) is 5.75 Å². The summed E-state index contributed by atoms with van der Waals surface area (Å²) in [6, 6.07) is 7.07. The van der Waals surface area contributed by atoms with E-state index in [1.165, 1.54) is 0 Å². The molecule has 0 heterocycles. The van der Waals surface area contributed by atoms with Gasteiger partial charge in [0.05, 0.1) is 0 Å². The Balaban J connectivity index is 2.85. The van der Waals surface area contributed by atoms with Crippen molar-refractivity contribution in [3.8, 4) is 5.75 Å². The summed E-state index contributed by atoms with van der Waals surface area (Å²) in [6.45, 7) is 1.52. The molecule has 4 heteroatoms. The predicted molar refractivity (Wildman–Crippen MR) is 68.9 cm³/mol. The van der Waals surface area contributed by atoms with Crippen LogP contribution in [0.5, 0.6) is 5.75 Å². The number of ether oxygens (including phenoxy) is 1. The molecule has 0 aliphatic rings. The molecule has 0 bridgehead atoms. The quantitative estimate of drug-likeness (QED) is 0.797. The zero-order valence-electron chi connectivity index (χ0n) is 11.1. The van der Waals surface area contributed by atoms with Crippen LogP contribution in [0.1, 0.15) is 38.3 Å². The normalized spacial score (nSPS) is 14.6. The smallest absolute Gasteiger partial charge is 0.387 e. The van der Waals surface area contributed by atoms with Crippen LogP contribution in [-0.2, 0) is 0 Å². The van der Waals surface area contributed by atoms with Crippen molar-refractivity contribution in [2.45, 2.75) is 39.3 Å². The van der Waals surface area contributed by atoms with Gasteiger partial charge in [-0.2, -0.15) is 8.78 Å². The summed E-state index contributed by atoms with van der Waals surface area (Å²) >= 11 is 0. The minimum absolute atomic E-state index is 0.158. The molecule has 18 heavy (non-hydrogen) atoms. The van der Waals surface area contributed by atoms with Gasteiger partial charge in [-0.25, -0.2) is 0 Å². The van der Waals surface area contributed by atoms with Crippen LogP contribution in [0.3, 0.4) is 0 Å². The second-order valence-corrected chi connectivity index (χ2v) is 4.48. The van der Waals surface area contributed by atoms with Gasteiger partial charge in [0.2, 0.25) is 0 Å². The van der Waals surface area contributed by atoms with E-state index in [9.17, 15) is 8.78 Å². The fraction of sp³-hybridized carbons (Fsp3) is 0.571. The van der Waals surface area contributed by atoms with E-state index in [0.717, 1.165) is 18.4 Å². The average molecular weight is 257 g/mol. The van der Waals surface area contributed by atoms with Gasteiger partial charge in [0.25, 0.3) is 0 Å². The van der Waals surface area contributed by atoms with E-state index >= 15 is 0 Å². The third kappa shape index (κ3) is 4.26. The number of benzene rings is 1. The first-order valence-corrected chi connectivity index (χ1v) is 6.30. The monoisotopic (exact) mass is 257 g/mol. The molecule has 0 aromatic heterocycles. The lowest BCUT2D eigenvalue weighted by molar-refractivity contribution is -0.0499. The minimum Gasteiger partial charge on any atom is -0.435 e. The van der Waals surface area contributed by atoms with Gasteiger partial charge in [0.15, 0.2) is 0 Å². The van der Waals surface area contributed by atoms with Crippen molar-refractivity contribution in [3.63, 3.8) is 0 Å². The van der Waals surface area contributed by atoms with Crippen molar-refractivity contribution in [2.24, 2.45) is 5.92 Å². The molecule has 1 rings (SSSR count). The van der Waals surface area contributed by atoms with Crippen molar-refractivity contribution in [3.05, 3.63) is 29.8 Å². The zero-order valence-corrected chi connectivity index (χ0v) is 11.1. The number of nitrogens with one attached hydrogen (secondary N) is 1. The maximum Gasteiger partial charge on any atom is 0.387 e. The van der Waals surface area contributed by atoms with Crippen molar-refractivity contribution in [1.29, 1.82) is 0 Å². The molecule has 102 valence electrons. The number of rotatable bonds is 7. The van der Waals surface area contributed by atoms with Gasteiger partial charge in [-0.05, 0) is 37.1 Å². The molecule has 0 spiro atoms. The molecule has 1 aromatic rings. The predicted octanol–water partition coefficient (Wildman–Crippen LogP) is 3.98. The third-order valence-corrected chi connectivity index (χ3v) is 3.07. The Kier molecular flexibility index (Phi) is 6.05. The molecule has 1 N–H and O–H groups in total. The van der Waals surface area contributed by atoms with Crippen LogP contribution in [0.2, 0.25) is 0 Å². The molecule has 0 saturated heterocycles. The highest BCUT2D eigenvalue weighted by Crippen LogP contribution is 2.28. The van der Waals surface area contributed by atoms with Gasteiger partial charge in [-0.15, -0.1) is 0 Å². The Bertz CT molecular complexity index is 357. The van der Waals surface area contributed by atoms with Crippen LogP contribution in [0.25, 0.3) is 0 Å². The summed E-state index contributed by atoms with van der Waals surface area (Å²) in [5, 5.41) is 3.24. The van der Waals surface area contributed by atoms with Gasteiger partial charge in [-0.1, -0.05) is 32.4 Å². The molecular weight excluding hydrogens is 236 g/mol. The number of hydrogen-bond acceptors (Lipinski definition) is 2. The summed E-state index contributed by atoms with van der Waals surface area (Å²) in [5.41, 5.74) is 0.983. The molecule has 0 amide bonds. The maximum absolute atomic E-state index is 12.2. The fourth-order valence-electron chi connectivity index (χ4n) is 2.29. The van der Waals surface area contributed by atoms with Gasteiger partial charge < -0.3 is 10.1 Å². The molecule has 1 aromatic carbocycles. The lowest BCUT2D eigenvalue weighted by atomic mass is 9.91. The standard InChI is InChI=1S/C14H21F2NO/c1-4-6-10(2)13(17-3)11-7-5-8-12(9-11)18-14(15)16/h5,7-10,13-14,17H,4,6H2,1-3H3. The summed E-state index contributed by atoms with van der Waals surface area (Å²) in [7, 11) is 1.89. The molecule has 2 unspecified atom stereocenters. The van der Waals surface area contributed by atoms with Gasteiger partial charge in [-0.3, -0.25) is 0 Å². The van der Waals surface area contributed by atoms with E-state index in [0.29, 0.717) is 5.92 Å². The second-order valence-electron chi connectivity index (χ2n) is 4.48. The van der Waals surface area contributed by atoms with Gasteiger partial charge in [0, 0.05) is 6.04 Å².